The summed E-state index contributed by atoms with van der Waals surface area (Å²) < 4.78 is 11.9. The highest BCUT2D eigenvalue weighted by atomic mass is 16.7. The Bertz CT molecular complexity index is 655. The van der Waals surface area contributed by atoms with E-state index in [1.807, 2.05) is 60.7 Å². The lowest BCUT2D eigenvalue weighted by Gasteiger charge is -2.35. The number of rotatable bonds is 6. The van der Waals surface area contributed by atoms with Gasteiger partial charge in [0.1, 0.15) is 0 Å². The van der Waals surface area contributed by atoms with Crippen LogP contribution in [0.5, 0.6) is 0 Å². The second-order valence-corrected chi connectivity index (χ2v) is 5.82. The molecule has 0 aromatic heterocycles. The van der Waals surface area contributed by atoms with Crippen molar-refractivity contribution in [3.8, 4) is 0 Å². The number of aryl methyl sites for hydroxylation is 1. The minimum absolute atomic E-state index is 0.281. The molecule has 2 aromatic carbocycles. The second kappa shape index (κ2) is 7.57. The van der Waals surface area contributed by atoms with Gasteiger partial charge in [-0.05, 0) is 18.4 Å². The number of amides is 1. The van der Waals surface area contributed by atoms with E-state index in [-0.39, 0.29) is 5.91 Å². The third kappa shape index (κ3) is 3.33. The summed E-state index contributed by atoms with van der Waals surface area (Å²) in [5, 5.41) is 0. The average Bonchev–Trinajstić information content (AvgIpc) is 3.14. The van der Waals surface area contributed by atoms with Crippen LogP contribution in [0.4, 0.5) is 0 Å². The molecular weight excluding hydrogens is 304 g/mol. The van der Waals surface area contributed by atoms with Crippen LogP contribution >= 0.6 is 0 Å². The van der Waals surface area contributed by atoms with E-state index >= 15 is 0 Å². The van der Waals surface area contributed by atoms with Crippen LogP contribution < -0.4 is 11.3 Å². The zero-order valence-corrected chi connectivity index (χ0v) is 13.5. The minimum atomic E-state index is -1.08. The lowest BCUT2D eigenvalue weighted by molar-refractivity contribution is -0.207. The molecule has 0 bridgehead atoms. The zero-order valence-electron chi connectivity index (χ0n) is 13.5. The van der Waals surface area contributed by atoms with Crippen LogP contribution in [0.15, 0.2) is 60.7 Å². The van der Waals surface area contributed by atoms with Crippen LogP contribution in [-0.2, 0) is 26.5 Å². The predicted octanol–water partition coefficient (Wildman–Crippen LogP) is 2.13. The lowest BCUT2D eigenvalue weighted by Crippen LogP contribution is -2.48. The number of nitrogens with two attached hydrogens (primary N) is 1. The number of hydrogen-bond acceptors (Lipinski definition) is 4. The molecule has 3 rings (SSSR count). The summed E-state index contributed by atoms with van der Waals surface area (Å²) in [7, 11) is 0. The molecule has 1 saturated heterocycles. The maximum atomic E-state index is 12.5. The smallest absolute Gasteiger partial charge is 0.242 e. The Morgan fingerprint density at radius 3 is 2.21 bits per heavy atom. The Morgan fingerprint density at radius 1 is 1.04 bits per heavy atom. The van der Waals surface area contributed by atoms with Gasteiger partial charge in [0.25, 0.3) is 0 Å². The third-order valence-corrected chi connectivity index (χ3v) is 4.37. The van der Waals surface area contributed by atoms with Gasteiger partial charge in [0, 0.05) is 5.56 Å². The number of benzene rings is 2. The molecule has 2 aromatic rings. The maximum absolute atomic E-state index is 12.5. The van der Waals surface area contributed by atoms with Gasteiger partial charge in [-0.25, -0.2) is 5.84 Å². The van der Waals surface area contributed by atoms with Crippen LogP contribution in [0.2, 0.25) is 0 Å². The SMILES string of the molecule is NNC(=O)C(CCc1ccccc1)C1(c2ccccc2)OCCO1. The first-order valence-electron chi connectivity index (χ1n) is 8.14. The van der Waals surface area contributed by atoms with Crippen molar-refractivity contribution in [1.82, 2.24) is 5.43 Å². The van der Waals surface area contributed by atoms with Crippen LogP contribution in [-0.4, -0.2) is 19.1 Å². The Balaban J connectivity index is 1.89. The first-order chi connectivity index (χ1) is 11.8. The van der Waals surface area contributed by atoms with Crippen molar-refractivity contribution in [3.63, 3.8) is 0 Å². The third-order valence-electron chi connectivity index (χ3n) is 4.37. The summed E-state index contributed by atoms with van der Waals surface area (Å²) in [5.74, 6) is 3.54. The van der Waals surface area contributed by atoms with Crippen molar-refractivity contribution in [2.24, 2.45) is 11.8 Å². The van der Waals surface area contributed by atoms with Crippen LogP contribution in [0.1, 0.15) is 17.5 Å². The first kappa shape index (κ1) is 16.6. The van der Waals surface area contributed by atoms with E-state index in [0.29, 0.717) is 19.6 Å². The molecule has 5 nitrogen and oxygen atoms in total. The molecule has 5 heteroatoms. The number of ether oxygens (including phenoxy) is 2. The van der Waals surface area contributed by atoms with Gasteiger partial charge in [0.2, 0.25) is 11.7 Å². The fourth-order valence-corrected chi connectivity index (χ4v) is 3.22. The molecule has 1 fully saturated rings. The number of carbonyl (C=O) groups excluding carboxylic acids is 1. The van der Waals surface area contributed by atoms with E-state index in [1.165, 1.54) is 0 Å². The molecule has 1 aliphatic heterocycles. The maximum Gasteiger partial charge on any atom is 0.242 e. The number of hydrogen-bond donors (Lipinski definition) is 2. The molecule has 1 atom stereocenters. The van der Waals surface area contributed by atoms with E-state index in [9.17, 15) is 4.79 Å². The summed E-state index contributed by atoms with van der Waals surface area (Å²) in [4.78, 5) is 12.5. The molecule has 0 radical (unpaired) electrons. The molecule has 0 spiro atoms. The van der Waals surface area contributed by atoms with Crippen molar-refractivity contribution in [2.45, 2.75) is 18.6 Å². The number of nitrogens with one attached hydrogen (secondary N) is 1. The monoisotopic (exact) mass is 326 g/mol. The van der Waals surface area contributed by atoms with E-state index in [2.05, 4.69) is 5.43 Å². The highest BCUT2D eigenvalue weighted by Crippen LogP contribution is 2.41. The molecule has 0 saturated carbocycles. The zero-order chi connectivity index (χ0) is 16.8. The fourth-order valence-electron chi connectivity index (χ4n) is 3.22. The molecule has 1 unspecified atom stereocenters. The first-order valence-corrected chi connectivity index (χ1v) is 8.14. The number of carbonyl (C=O) groups is 1. The van der Waals surface area contributed by atoms with Crippen molar-refractivity contribution in [1.29, 1.82) is 0 Å². The summed E-state index contributed by atoms with van der Waals surface area (Å²) in [6.45, 7) is 0.906. The molecule has 126 valence electrons. The second-order valence-electron chi connectivity index (χ2n) is 5.82. The Hall–Kier alpha value is -2.21. The molecule has 3 N–H and O–H groups in total. The summed E-state index contributed by atoms with van der Waals surface area (Å²) in [6.07, 6.45) is 1.31. The molecular formula is C19H22N2O3. The lowest BCUT2D eigenvalue weighted by atomic mass is 9.86. The summed E-state index contributed by atoms with van der Waals surface area (Å²) in [6, 6.07) is 19.6. The largest absolute Gasteiger partial charge is 0.343 e. The van der Waals surface area contributed by atoms with Crippen LogP contribution in [0.25, 0.3) is 0 Å². The average molecular weight is 326 g/mol. The van der Waals surface area contributed by atoms with Crippen molar-refractivity contribution >= 4 is 5.91 Å². The van der Waals surface area contributed by atoms with Gasteiger partial charge in [-0.15, -0.1) is 0 Å². The highest BCUT2D eigenvalue weighted by molar-refractivity contribution is 5.79. The number of hydrazine groups is 1. The molecule has 1 heterocycles. The van der Waals surface area contributed by atoms with Gasteiger partial charge in [0.05, 0.1) is 19.1 Å². The normalized spacial score (nSPS) is 17.4. The van der Waals surface area contributed by atoms with Crippen molar-refractivity contribution < 1.29 is 14.3 Å². The fraction of sp³-hybridized carbons (Fsp3) is 0.316. The van der Waals surface area contributed by atoms with E-state index in [4.69, 9.17) is 15.3 Å². The highest BCUT2D eigenvalue weighted by Gasteiger charge is 2.49. The Kier molecular flexibility index (Phi) is 5.25. The van der Waals surface area contributed by atoms with E-state index in [0.717, 1.165) is 17.5 Å². The van der Waals surface area contributed by atoms with Gasteiger partial charge < -0.3 is 9.47 Å². The van der Waals surface area contributed by atoms with Gasteiger partial charge in [-0.2, -0.15) is 0 Å². The van der Waals surface area contributed by atoms with Gasteiger partial charge in [-0.1, -0.05) is 60.7 Å². The van der Waals surface area contributed by atoms with Gasteiger partial charge >= 0.3 is 0 Å². The molecule has 24 heavy (non-hydrogen) atoms. The van der Waals surface area contributed by atoms with Crippen molar-refractivity contribution in [2.75, 3.05) is 13.2 Å². The topological polar surface area (TPSA) is 73.6 Å². The Morgan fingerprint density at radius 2 is 1.62 bits per heavy atom. The van der Waals surface area contributed by atoms with Gasteiger partial charge in [-0.3, -0.25) is 10.2 Å². The van der Waals surface area contributed by atoms with Gasteiger partial charge in [0.15, 0.2) is 0 Å². The molecule has 1 aliphatic rings. The predicted molar refractivity (Wildman–Crippen MR) is 90.6 cm³/mol. The summed E-state index contributed by atoms with van der Waals surface area (Å²) in [5.41, 5.74) is 4.27. The van der Waals surface area contributed by atoms with Crippen LogP contribution in [0.3, 0.4) is 0 Å². The quantitative estimate of drug-likeness (QED) is 0.484. The Labute approximate surface area is 141 Å². The minimum Gasteiger partial charge on any atom is -0.343 e. The molecule has 0 aliphatic carbocycles. The standard InChI is InChI=1S/C19H22N2O3/c20-21-18(22)17(12-11-15-7-3-1-4-8-15)19(23-13-14-24-19)16-9-5-2-6-10-16/h1-10,17H,11-14,20H2,(H,21,22). The van der Waals surface area contributed by atoms with E-state index < -0.39 is 11.7 Å². The molecule has 1 amide bonds. The summed E-state index contributed by atoms with van der Waals surface area (Å²) >= 11 is 0. The van der Waals surface area contributed by atoms with E-state index in [1.54, 1.807) is 0 Å². The van der Waals surface area contributed by atoms with Crippen LogP contribution in [0, 0.1) is 5.92 Å². The van der Waals surface area contributed by atoms with Crippen molar-refractivity contribution in [3.05, 3.63) is 71.8 Å².